The zero-order chi connectivity index (χ0) is 18.8. The lowest BCUT2D eigenvalue weighted by atomic mass is 10.1. The number of benzene rings is 3. The van der Waals surface area contributed by atoms with Crippen molar-refractivity contribution in [2.75, 3.05) is 0 Å². The van der Waals surface area contributed by atoms with E-state index < -0.39 is 5.97 Å². The lowest BCUT2D eigenvalue weighted by Crippen LogP contribution is -2.22. The third-order valence-electron chi connectivity index (χ3n) is 4.19. The molecule has 0 aliphatic rings. The predicted octanol–water partition coefficient (Wildman–Crippen LogP) is 4.70. The van der Waals surface area contributed by atoms with Gasteiger partial charge in [0.25, 0.3) is 0 Å². The molecule has 1 aromatic heterocycles. The van der Waals surface area contributed by atoms with Crippen LogP contribution in [0.2, 0.25) is 5.02 Å². The van der Waals surface area contributed by atoms with Gasteiger partial charge in [0.1, 0.15) is 23.7 Å². The van der Waals surface area contributed by atoms with Crippen LogP contribution >= 0.6 is 11.6 Å². The van der Waals surface area contributed by atoms with Gasteiger partial charge in [-0.1, -0.05) is 54.1 Å². The van der Waals surface area contributed by atoms with E-state index in [1.165, 1.54) is 0 Å². The van der Waals surface area contributed by atoms with E-state index in [1.54, 1.807) is 36.4 Å². The predicted molar refractivity (Wildman–Crippen MR) is 102 cm³/mol. The summed E-state index contributed by atoms with van der Waals surface area (Å²) in [6.07, 6.45) is 0. The van der Waals surface area contributed by atoms with Gasteiger partial charge in [-0.05, 0) is 35.9 Å². The molecule has 0 aliphatic heterocycles. The molecule has 3 aromatic carbocycles. The van der Waals surface area contributed by atoms with E-state index in [0.29, 0.717) is 33.9 Å². The molecular weight excluding hydrogens is 364 g/mol. The molecule has 5 heteroatoms. The first-order valence-corrected chi connectivity index (χ1v) is 8.70. The summed E-state index contributed by atoms with van der Waals surface area (Å²) in [5, 5.41) is 12.8. The van der Waals surface area contributed by atoms with Crippen molar-refractivity contribution in [2.45, 2.75) is 6.61 Å². The maximum absolute atomic E-state index is 11.8. The highest BCUT2D eigenvalue weighted by atomic mass is 35.5. The van der Waals surface area contributed by atoms with Crippen LogP contribution in [-0.4, -0.2) is 5.97 Å². The molecule has 1 heterocycles. The molecule has 4 rings (SSSR count). The molecule has 0 radical (unpaired) electrons. The third-order valence-corrected chi connectivity index (χ3v) is 4.43. The molecule has 0 fully saturated rings. The number of carboxylic acid groups (broad SMARTS) is 1. The lowest BCUT2D eigenvalue weighted by Gasteiger charge is -2.07. The Bertz CT molecular complexity index is 1120. The van der Waals surface area contributed by atoms with E-state index in [4.69, 9.17) is 20.8 Å². The number of furan rings is 1. The van der Waals surface area contributed by atoms with E-state index in [0.717, 1.165) is 5.56 Å². The monoisotopic (exact) mass is 377 g/mol. The van der Waals surface area contributed by atoms with Crippen LogP contribution in [0.15, 0.2) is 77.2 Å². The standard InChI is InChI=1S/C22H15ClO4/c23-16-8-4-5-14(11-16)13-26-17-9-10-19-18(12-17)20(22(24)25)21(27-19)15-6-2-1-3-7-15/h1-12H,13H2,(H,24,25)/p-1. The minimum atomic E-state index is -1.29. The van der Waals surface area contributed by atoms with Crippen LogP contribution in [0.1, 0.15) is 15.9 Å². The molecule has 4 nitrogen and oxygen atoms in total. The van der Waals surface area contributed by atoms with Crippen molar-refractivity contribution in [3.8, 4) is 17.1 Å². The van der Waals surface area contributed by atoms with Gasteiger partial charge in [-0.15, -0.1) is 0 Å². The summed E-state index contributed by atoms with van der Waals surface area (Å²) in [7, 11) is 0. The van der Waals surface area contributed by atoms with Crippen LogP contribution in [-0.2, 0) is 6.61 Å². The van der Waals surface area contributed by atoms with E-state index >= 15 is 0 Å². The third kappa shape index (κ3) is 3.52. The maximum Gasteiger partial charge on any atom is 0.144 e. The zero-order valence-electron chi connectivity index (χ0n) is 14.1. The maximum atomic E-state index is 11.8. The van der Waals surface area contributed by atoms with E-state index in [2.05, 4.69) is 0 Å². The van der Waals surface area contributed by atoms with Crippen LogP contribution in [0.5, 0.6) is 5.75 Å². The van der Waals surface area contributed by atoms with Crippen LogP contribution in [0.4, 0.5) is 0 Å². The van der Waals surface area contributed by atoms with Crippen molar-refractivity contribution >= 4 is 28.5 Å². The molecule has 0 atom stereocenters. The second kappa shape index (κ2) is 7.17. The average Bonchev–Trinajstić information content (AvgIpc) is 3.06. The molecule has 0 spiro atoms. The van der Waals surface area contributed by atoms with Crippen LogP contribution in [0.25, 0.3) is 22.3 Å². The number of hydrogen-bond donors (Lipinski definition) is 0. The Hall–Kier alpha value is -3.24. The van der Waals surface area contributed by atoms with Gasteiger partial charge in [-0.3, -0.25) is 0 Å². The Morgan fingerprint density at radius 2 is 1.81 bits per heavy atom. The molecule has 0 saturated carbocycles. The Morgan fingerprint density at radius 3 is 2.56 bits per heavy atom. The van der Waals surface area contributed by atoms with Crippen LogP contribution < -0.4 is 9.84 Å². The summed E-state index contributed by atoms with van der Waals surface area (Å²) < 4.78 is 11.6. The first-order chi connectivity index (χ1) is 13.1. The molecular formula is C22H14ClO4-. The number of aromatic carboxylic acids is 1. The Kier molecular flexibility index (Phi) is 4.57. The second-order valence-corrected chi connectivity index (χ2v) is 6.47. The van der Waals surface area contributed by atoms with E-state index in [9.17, 15) is 9.90 Å². The Morgan fingerprint density at radius 1 is 1.00 bits per heavy atom. The molecule has 134 valence electrons. The van der Waals surface area contributed by atoms with Crippen molar-refractivity contribution in [3.63, 3.8) is 0 Å². The van der Waals surface area contributed by atoms with Gasteiger partial charge in [-0.2, -0.15) is 0 Å². The van der Waals surface area contributed by atoms with E-state index in [1.807, 2.05) is 36.4 Å². The molecule has 0 saturated heterocycles. The van der Waals surface area contributed by atoms with Gasteiger partial charge >= 0.3 is 0 Å². The number of rotatable bonds is 5. The molecule has 0 N–H and O–H groups in total. The lowest BCUT2D eigenvalue weighted by molar-refractivity contribution is -0.254. The highest BCUT2D eigenvalue weighted by Gasteiger charge is 2.17. The number of carbonyl (C=O) groups is 1. The van der Waals surface area contributed by atoms with Crippen molar-refractivity contribution in [3.05, 3.63) is 88.9 Å². The number of carboxylic acids is 1. The number of fused-ring (bicyclic) bond motifs is 1. The molecule has 0 amide bonds. The molecule has 0 aliphatic carbocycles. The van der Waals surface area contributed by atoms with Crippen molar-refractivity contribution < 1.29 is 19.1 Å². The Labute approximate surface area is 160 Å². The fourth-order valence-corrected chi connectivity index (χ4v) is 3.17. The molecule has 27 heavy (non-hydrogen) atoms. The highest BCUT2D eigenvalue weighted by Crippen LogP contribution is 2.35. The normalized spacial score (nSPS) is 10.9. The second-order valence-electron chi connectivity index (χ2n) is 6.04. The SMILES string of the molecule is O=C([O-])c1c(-c2ccccc2)oc2ccc(OCc3cccc(Cl)c3)cc12. The van der Waals surface area contributed by atoms with Crippen molar-refractivity contribution in [1.29, 1.82) is 0 Å². The number of halogens is 1. The number of carbonyl (C=O) groups excluding carboxylic acids is 1. The van der Waals surface area contributed by atoms with Gasteiger partial charge in [0.05, 0.1) is 11.5 Å². The minimum absolute atomic E-state index is 0.0180. The van der Waals surface area contributed by atoms with Crippen LogP contribution in [0, 0.1) is 0 Å². The largest absolute Gasteiger partial charge is 0.545 e. The summed E-state index contributed by atoms with van der Waals surface area (Å²) in [6.45, 7) is 0.316. The van der Waals surface area contributed by atoms with E-state index in [-0.39, 0.29) is 11.3 Å². The fourth-order valence-electron chi connectivity index (χ4n) is 2.96. The summed E-state index contributed by atoms with van der Waals surface area (Å²) >= 11 is 5.98. The van der Waals surface area contributed by atoms with Gasteiger partial charge in [-0.25, -0.2) is 0 Å². The summed E-state index contributed by atoms with van der Waals surface area (Å²) in [4.78, 5) is 11.8. The molecule has 0 bridgehead atoms. The Balaban J connectivity index is 1.71. The smallest absolute Gasteiger partial charge is 0.144 e. The highest BCUT2D eigenvalue weighted by molar-refractivity contribution is 6.30. The fraction of sp³-hybridized carbons (Fsp3) is 0.0455. The quantitative estimate of drug-likeness (QED) is 0.506. The van der Waals surface area contributed by atoms with Crippen LogP contribution in [0.3, 0.4) is 0 Å². The summed E-state index contributed by atoms with van der Waals surface area (Å²) in [5.41, 5.74) is 2.07. The molecule has 4 aromatic rings. The van der Waals surface area contributed by atoms with Gasteiger partial charge < -0.3 is 19.1 Å². The zero-order valence-corrected chi connectivity index (χ0v) is 14.9. The van der Waals surface area contributed by atoms with Crippen molar-refractivity contribution in [1.82, 2.24) is 0 Å². The topological polar surface area (TPSA) is 62.5 Å². The number of ether oxygens (including phenoxy) is 1. The van der Waals surface area contributed by atoms with Gasteiger partial charge in [0.15, 0.2) is 0 Å². The average molecular weight is 378 g/mol. The summed E-state index contributed by atoms with van der Waals surface area (Å²) in [6, 6.07) is 21.5. The first-order valence-electron chi connectivity index (χ1n) is 8.32. The molecule has 0 unspecified atom stereocenters. The summed E-state index contributed by atoms with van der Waals surface area (Å²) in [5.74, 6) is -0.484. The minimum Gasteiger partial charge on any atom is -0.545 e. The van der Waals surface area contributed by atoms with Gasteiger partial charge in [0.2, 0.25) is 0 Å². The number of hydrogen-bond acceptors (Lipinski definition) is 4. The van der Waals surface area contributed by atoms with Gasteiger partial charge in [0, 0.05) is 16.0 Å². The first kappa shape index (κ1) is 17.2. The van der Waals surface area contributed by atoms with Crippen molar-refractivity contribution in [2.24, 2.45) is 0 Å².